The first-order valence-corrected chi connectivity index (χ1v) is 42.5. The largest absolute Gasteiger partial charge is 0.496 e. The number of pyridine rings is 3. The maximum absolute atomic E-state index is 13.4. The van der Waals surface area contributed by atoms with Gasteiger partial charge in [0.2, 0.25) is 0 Å². The Kier molecular flexibility index (Phi) is 27.0. The number of aliphatic hydroxyl groups is 1. The monoisotopic (exact) mass is 1620 g/mol. The molecule has 0 spiro atoms. The van der Waals surface area contributed by atoms with Crippen molar-refractivity contribution in [1.29, 1.82) is 0 Å². The second-order valence-corrected chi connectivity index (χ2v) is 37.0. The summed E-state index contributed by atoms with van der Waals surface area (Å²) in [6.07, 6.45) is 20.3. The van der Waals surface area contributed by atoms with Gasteiger partial charge in [-0.3, -0.25) is 27.6 Å². The van der Waals surface area contributed by atoms with Crippen molar-refractivity contribution in [1.82, 2.24) is 43.3 Å². The number of rotatable bonds is 36. The number of nitrogens with one attached hydrogen (secondary N) is 1. The fourth-order valence-corrected chi connectivity index (χ4v) is 15.8. The topological polar surface area (TPSA) is 234 Å². The molecule has 3 atom stereocenters. The van der Waals surface area contributed by atoms with E-state index in [1.807, 2.05) is 68.2 Å². The van der Waals surface area contributed by atoms with E-state index in [0.29, 0.717) is 125 Å². The number of β-amino-alcohol motifs (C(OH)–C–C–N with tert-alkyl or cyclic N) is 1. The summed E-state index contributed by atoms with van der Waals surface area (Å²) in [5.41, 5.74) is 5.67. The Morgan fingerprint density at radius 2 is 0.835 bits per heavy atom. The van der Waals surface area contributed by atoms with Gasteiger partial charge in [0.15, 0.2) is 25.7 Å². The summed E-state index contributed by atoms with van der Waals surface area (Å²) in [7, 11) is 2.51. The number of nitrogens with zero attached hydrogens (tertiary/aromatic N) is 8. The van der Waals surface area contributed by atoms with E-state index in [4.69, 9.17) is 52.2 Å². The molecule has 6 aliphatic rings. The zero-order valence-corrected chi connectivity index (χ0v) is 67.4. The van der Waals surface area contributed by atoms with Crippen molar-refractivity contribution in [3.63, 3.8) is 0 Å². The molecule has 9 heterocycles. The van der Waals surface area contributed by atoms with Crippen molar-refractivity contribution in [2.75, 3.05) is 107 Å². The molecule has 3 saturated heterocycles. The third kappa shape index (κ3) is 21.4. The molecule has 618 valence electrons. The predicted molar refractivity (Wildman–Crippen MR) is 423 cm³/mol. The van der Waals surface area contributed by atoms with Crippen molar-refractivity contribution >= 4 is 42.6 Å². The lowest BCUT2D eigenvalue weighted by molar-refractivity contribution is -0.0509. The summed E-state index contributed by atoms with van der Waals surface area (Å²) in [6, 6.07) is 20.5. The molecule has 3 aliphatic carbocycles. The highest BCUT2D eigenvalue weighted by Crippen LogP contribution is 2.45. The molecule has 0 amide bonds. The number of ketones is 3. The van der Waals surface area contributed by atoms with E-state index in [0.717, 1.165) is 122 Å². The smallest absolute Gasteiger partial charge is 0.387 e. The zero-order chi connectivity index (χ0) is 81.2. The highest BCUT2D eigenvalue weighted by molar-refractivity contribution is 6.74. The highest BCUT2D eigenvalue weighted by Gasteiger charge is 2.38. The lowest BCUT2D eigenvalue weighted by atomic mass is 10.00. The number of imidazole rings is 3. The third-order valence-electron chi connectivity index (χ3n) is 22.6. The van der Waals surface area contributed by atoms with Gasteiger partial charge in [0.25, 0.3) is 0 Å². The van der Waals surface area contributed by atoms with Crippen LogP contribution in [0.15, 0.2) is 110 Å². The predicted octanol–water partition coefficient (Wildman–Crippen LogP) is 16.2. The van der Waals surface area contributed by atoms with Gasteiger partial charge in [-0.25, -0.2) is 15.0 Å². The van der Waals surface area contributed by atoms with Crippen LogP contribution in [-0.4, -0.2) is 195 Å². The number of aromatic nitrogens is 6. The molecule has 3 saturated carbocycles. The van der Waals surface area contributed by atoms with Crippen LogP contribution < -0.4 is 47.9 Å². The Hall–Kier alpha value is -9.46. The third-order valence-corrected chi connectivity index (χ3v) is 27.2. The second kappa shape index (κ2) is 37.2. The Balaban J connectivity index is 0.000000152. The van der Waals surface area contributed by atoms with Crippen LogP contribution in [0.25, 0.3) is 50.7 Å². The van der Waals surface area contributed by atoms with Crippen LogP contribution in [0.5, 0.6) is 51.7 Å². The quantitative estimate of drug-likeness (QED) is 0.0211. The molecule has 3 aromatic carbocycles. The van der Waals surface area contributed by atoms with Crippen LogP contribution in [0.3, 0.4) is 0 Å². The summed E-state index contributed by atoms with van der Waals surface area (Å²) in [4.78, 5) is 56.8. The number of aliphatic hydroxyl groups excluding tert-OH is 1. The van der Waals surface area contributed by atoms with Crippen LogP contribution in [0.4, 0.5) is 26.3 Å². The number of hydrogen-bond donors (Lipinski definition) is 2. The lowest BCUT2D eigenvalue weighted by Crippen LogP contribution is -2.42. The number of ether oxygens (including phenoxy) is 9. The van der Waals surface area contributed by atoms with Gasteiger partial charge in [0.1, 0.15) is 85.4 Å². The summed E-state index contributed by atoms with van der Waals surface area (Å²) >= 11 is 0. The first kappa shape index (κ1) is 83.5. The van der Waals surface area contributed by atoms with E-state index in [-0.39, 0.29) is 93.0 Å². The number of alkyl halides is 6. The van der Waals surface area contributed by atoms with Crippen LogP contribution in [0.1, 0.15) is 129 Å². The van der Waals surface area contributed by atoms with Crippen molar-refractivity contribution < 1.29 is 92.9 Å². The molecule has 9 aromatic rings. The molecule has 0 radical (unpaired) electrons. The molecule has 0 unspecified atom stereocenters. The van der Waals surface area contributed by atoms with E-state index < -0.39 is 28.2 Å². The number of carbonyl (C=O) groups excluding carboxylic acids is 3. The van der Waals surface area contributed by atoms with Gasteiger partial charge in [-0.1, -0.05) is 20.8 Å². The minimum atomic E-state index is -3.08. The molecule has 23 nitrogen and oxygen atoms in total. The minimum absolute atomic E-state index is 0.0485. The molecular formula is C85H103F6N9O14Si. The first-order valence-electron chi connectivity index (χ1n) is 39.6. The zero-order valence-electron chi connectivity index (χ0n) is 66.4. The van der Waals surface area contributed by atoms with Crippen molar-refractivity contribution in [2.45, 2.75) is 136 Å². The van der Waals surface area contributed by atoms with Gasteiger partial charge < -0.3 is 67.3 Å². The van der Waals surface area contributed by atoms with E-state index in [1.165, 1.54) is 39.5 Å². The maximum atomic E-state index is 13.4. The number of likely N-dealkylation sites (tertiary alicyclic amines) is 2. The first-order chi connectivity index (χ1) is 55.3. The van der Waals surface area contributed by atoms with Gasteiger partial charge >= 0.3 is 19.8 Å². The van der Waals surface area contributed by atoms with Crippen molar-refractivity contribution in [3.05, 3.63) is 127 Å². The van der Waals surface area contributed by atoms with E-state index in [2.05, 4.69) is 63.9 Å². The second-order valence-electron chi connectivity index (χ2n) is 32.2. The lowest BCUT2D eigenvalue weighted by Gasteiger charge is -2.36. The number of halogens is 6. The van der Waals surface area contributed by atoms with E-state index in [1.54, 1.807) is 36.8 Å². The molecule has 30 heteroatoms. The van der Waals surface area contributed by atoms with Gasteiger partial charge in [0, 0.05) is 130 Å². The minimum Gasteiger partial charge on any atom is -0.496 e. The Morgan fingerprint density at radius 1 is 0.487 bits per heavy atom. The standard InChI is InChI=1S/C33H45F2N3O5Si.C27H31F2N3O5.C25H27F2N3O4/c1-33(2,3)44(5,6)42-14-13-37-11-9-23(20-37)21-41-25-10-12-38-26(19-36-30(38)18-25)24-16-28(40-4)31(27(39)15-22-7-8-22)29(17-24)43-32(34)35;1-35-23-11-19(12-24(37-27(28)29)26(23)22(34)10-17-2-3-17)21-14-30-25-13-20(5-7-32(21)25)36-16-18-4-6-31(15-18)8-9-33;1-32-21-9-17(10-22(34-25(26)27)24(21)20(31)8-15-2-3-15)19-13-29-23-11-18(5-7-30(19)23)33-14-16-4-6-28-12-16/h10,12,16-19,22-23,32H,7-9,11,13-15,20-21H2,1-6H3;5,7,11-14,17-18,27,33H,2-4,6,8-10,15-16H2,1H3;5,7,9-11,13,15-16,25,28H,2-4,6,8,12,14H2,1H3/t23-;18-;16-/m111/s1. The van der Waals surface area contributed by atoms with Crippen LogP contribution in [-0.2, 0) is 4.43 Å². The Bertz CT molecular complexity index is 4860. The number of hydrogen-bond acceptors (Lipinski definition) is 20. The molecule has 115 heavy (non-hydrogen) atoms. The van der Waals surface area contributed by atoms with Gasteiger partial charge in [-0.2, -0.15) is 26.3 Å². The summed E-state index contributed by atoms with van der Waals surface area (Å²) in [5.74, 6) is 3.62. The normalized spacial score (nSPS) is 17.9. The van der Waals surface area contributed by atoms with Gasteiger partial charge in [0.05, 0.1) is 83.4 Å². The SMILES string of the molecule is COc1cc(-c2cnc3cc(OC[C@@H]4CCN(CCO)C4)ccn23)cc(OC(F)F)c1C(=O)CC1CC1.COc1cc(-c2cnc3cc(OC[C@@H]4CCN(CCO[Si](C)(C)C(C)(C)C)C4)ccn23)cc(OC(F)F)c1C(=O)CC1CC1.COc1cc(-c2cnc3cc(OC[C@@H]4CCNC4)ccn23)cc(OC(F)F)c1C(=O)CC1CC1. The average molecular weight is 1620 g/mol. The summed E-state index contributed by atoms with van der Waals surface area (Å²) in [6.45, 7) is 12.4. The fourth-order valence-electron chi connectivity index (χ4n) is 14.7. The fraction of sp³-hybridized carbons (Fsp3) is 0.506. The van der Waals surface area contributed by atoms with Crippen molar-refractivity contribution in [3.8, 4) is 85.5 Å². The summed E-state index contributed by atoms with van der Waals surface area (Å²) in [5, 5.41) is 12.7. The average Bonchev–Trinajstić information content (AvgIpc) is 1.71. The molecule has 15 rings (SSSR count). The van der Waals surface area contributed by atoms with Crippen LogP contribution in [0.2, 0.25) is 18.1 Å². The van der Waals surface area contributed by atoms with Crippen LogP contribution >= 0.6 is 0 Å². The number of benzene rings is 3. The summed E-state index contributed by atoms with van der Waals surface area (Å²) < 4.78 is 140. The molecule has 6 fully saturated rings. The number of fused-ring (bicyclic) bond motifs is 3. The van der Waals surface area contributed by atoms with E-state index in [9.17, 15) is 40.7 Å². The van der Waals surface area contributed by atoms with E-state index >= 15 is 0 Å². The number of methoxy groups -OCH3 is 3. The molecule has 2 N–H and O–H groups in total. The highest BCUT2D eigenvalue weighted by atomic mass is 28.4. The maximum Gasteiger partial charge on any atom is 0.387 e. The van der Waals surface area contributed by atoms with Crippen LogP contribution in [0, 0.1) is 35.5 Å². The molecule has 6 aromatic heterocycles. The molecular weight excluding hydrogens is 1510 g/mol. The number of carbonyl (C=O) groups is 3. The molecule has 3 aliphatic heterocycles. The Morgan fingerprint density at radius 3 is 1.15 bits per heavy atom. The number of Topliss-reactive ketones (excluding diaryl/α,β-unsaturated/α-hetero) is 3. The Labute approximate surface area is 665 Å². The van der Waals surface area contributed by atoms with Gasteiger partial charge in [-0.15, -0.1) is 0 Å². The van der Waals surface area contributed by atoms with Gasteiger partial charge in [-0.05, 0) is 168 Å². The molecule has 0 bridgehead atoms. The van der Waals surface area contributed by atoms with Crippen molar-refractivity contribution in [2.24, 2.45) is 35.5 Å².